The number of hydrogen-bond donors (Lipinski definition) is 2. The number of nitrogens with zero attached hydrogens (tertiary/aromatic N) is 1. The quantitative estimate of drug-likeness (QED) is 0.863. The minimum atomic E-state index is -0.178. The van der Waals surface area contributed by atoms with E-state index in [9.17, 15) is 5.11 Å². The van der Waals surface area contributed by atoms with Crippen LogP contribution < -0.4 is 5.73 Å². The Kier molecular flexibility index (Phi) is 4.20. The SMILES string of the molecule is CCC(N)C(c1ccc(C)s1)N1CCC(O)C1. The molecule has 3 nitrogen and oxygen atoms in total. The Morgan fingerprint density at radius 1 is 1.59 bits per heavy atom. The van der Waals surface area contributed by atoms with Crippen molar-refractivity contribution >= 4 is 11.3 Å². The predicted octanol–water partition coefficient (Wildman–Crippen LogP) is 1.90. The third-order valence-corrected chi connectivity index (χ3v) is 4.59. The van der Waals surface area contributed by atoms with Crippen LogP contribution in [0, 0.1) is 6.92 Å². The average molecular weight is 254 g/mol. The molecule has 1 aromatic heterocycles. The highest BCUT2D eigenvalue weighted by molar-refractivity contribution is 7.12. The Hall–Kier alpha value is -0.420. The van der Waals surface area contributed by atoms with Gasteiger partial charge in [0.05, 0.1) is 12.1 Å². The number of nitrogens with two attached hydrogens (primary N) is 1. The molecule has 0 aliphatic carbocycles. The lowest BCUT2D eigenvalue weighted by Crippen LogP contribution is -2.39. The summed E-state index contributed by atoms with van der Waals surface area (Å²) in [5.74, 6) is 0. The van der Waals surface area contributed by atoms with Crippen molar-refractivity contribution in [3.05, 3.63) is 21.9 Å². The summed E-state index contributed by atoms with van der Waals surface area (Å²) >= 11 is 1.82. The van der Waals surface area contributed by atoms with Crippen LogP contribution in [0.1, 0.15) is 35.6 Å². The Labute approximate surface area is 107 Å². The molecule has 0 amide bonds. The number of rotatable bonds is 4. The van der Waals surface area contributed by atoms with Crippen LogP contribution in [0.2, 0.25) is 0 Å². The number of thiophene rings is 1. The average Bonchev–Trinajstić information content (AvgIpc) is 2.89. The van der Waals surface area contributed by atoms with Crippen molar-refractivity contribution in [2.75, 3.05) is 13.1 Å². The van der Waals surface area contributed by atoms with Gasteiger partial charge in [0.15, 0.2) is 0 Å². The maximum absolute atomic E-state index is 9.68. The van der Waals surface area contributed by atoms with Crippen molar-refractivity contribution in [3.8, 4) is 0 Å². The molecule has 0 aromatic carbocycles. The second-order valence-electron chi connectivity index (χ2n) is 4.90. The second kappa shape index (κ2) is 5.48. The molecule has 3 N–H and O–H groups in total. The Morgan fingerprint density at radius 2 is 2.35 bits per heavy atom. The van der Waals surface area contributed by atoms with Crippen LogP contribution >= 0.6 is 11.3 Å². The number of aryl methyl sites for hydroxylation is 1. The van der Waals surface area contributed by atoms with Gasteiger partial charge in [0.1, 0.15) is 0 Å². The Balaban J connectivity index is 2.19. The lowest BCUT2D eigenvalue weighted by Gasteiger charge is -2.31. The Morgan fingerprint density at radius 3 is 2.82 bits per heavy atom. The summed E-state index contributed by atoms with van der Waals surface area (Å²) in [7, 11) is 0. The van der Waals surface area contributed by atoms with Crippen molar-refractivity contribution in [1.29, 1.82) is 0 Å². The lowest BCUT2D eigenvalue weighted by atomic mass is 10.0. The number of hydrogen-bond acceptors (Lipinski definition) is 4. The molecular weight excluding hydrogens is 232 g/mol. The summed E-state index contributed by atoms with van der Waals surface area (Å²) in [6, 6.07) is 4.77. The standard InChI is InChI=1S/C13H22N2OS/c1-3-11(14)13(12-5-4-9(2)17-12)15-7-6-10(16)8-15/h4-5,10-11,13,16H,3,6-8,14H2,1-2H3. The zero-order chi connectivity index (χ0) is 12.4. The lowest BCUT2D eigenvalue weighted by molar-refractivity contribution is 0.149. The van der Waals surface area contributed by atoms with Gasteiger partial charge < -0.3 is 10.8 Å². The maximum Gasteiger partial charge on any atom is 0.0679 e. The maximum atomic E-state index is 9.68. The zero-order valence-corrected chi connectivity index (χ0v) is 11.4. The number of β-amino-alcohol motifs (C(OH)–C–C–N with tert-alkyl or cyclic N) is 1. The number of aliphatic hydroxyl groups excluding tert-OH is 1. The summed E-state index contributed by atoms with van der Waals surface area (Å²) in [6.07, 6.45) is 1.66. The molecule has 0 radical (unpaired) electrons. The molecule has 1 aromatic rings. The first kappa shape index (κ1) is 13.0. The fraction of sp³-hybridized carbons (Fsp3) is 0.692. The molecule has 1 aliphatic heterocycles. The Bertz CT molecular complexity index is 366. The number of aliphatic hydroxyl groups is 1. The molecule has 2 rings (SSSR count). The molecule has 0 saturated carbocycles. The van der Waals surface area contributed by atoms with Crippen LogP contribution in [-0.4, -0.2) is 35.2 Å². The van der Waals surface area contributed by atoms with E-state index in [4.69, 9.17) is 5.73 Å². The molecular formula is C13H22N2OS. The molecule has 3 atom stereocenters. The van der Waals surface area contributed by atoms with Gasteiger partial charge in [0.25, 0.3) is 0 Å². The van der Waals surface area contributed by atoms with Crippen LogP contribution in [0.3, 0.4) is 0 Å². The van der Waals surface area contributed by atoms with Crippen molar-refractivity contribution in [3.63, 3.8) is 0 Å². The first-order valence-electron chi connectivity index (χ1n) is 6.35. The van der Waals surface area contributed by atoms with Crippen molar-refractivity contribution in [2.45, 2.75) is 44.9 Å². The summed E-state index contributed by atoms with van der Waals surface area (Å²) in [5.41, 5.74) is 6.27. The van der Waals surface area contributed by atoms with Gasteiger partial charge in [-0.05, 0) is 31.9 Å². The normalized spacial score (nSPS) is 25.1. The van der Waals surface area contributed by atoms with Gasteiger partial charge in [-0.15, -0.1) is 11.3 Å². The fourth-order valence-electron chi connectivity index (χ4n) is 2.52. The molecule has 96 valence electrons. The topological polar surface area (TPSA) is 49.5 Å². The minimum Gasteiger partial charge on any atom is -0.392 e. The van der Waals surface area contributed by atoms with E-state index in [1.54, 1.807) is 0 Å². The predicted molar refractivity (Wildman–Crippen MR) is 72.3 cm³/mol. The highest BCUT2D eigenvalue weighted by Crippen LogP contribution is 2.32. The van der Waals surface area contributed by atoms with Crippen molar-refractivity contribution in [1.82, 2.24) is 4.90 Å². The molecule has 3 unspecified atom stereocenters. The molecule has 17 heavy (non-hydrogen) atoms. The molecule has 0 bridgehead atoms. The minimum absolute atomic E-state index is 0.151. The van der Waals surface area contributed by atoms with Crippen LogP contribution in [0.4, 0.5) is 0 Å². The van der Waals surface area contributed by atoms with Gasteiger partial charge >= 0.3 is 0 Å². The van der Waals surface area contributed by atoms with Crippen molar-refractivity contribution in [2.24, 2.45) is 5.73 Å². The van der Waals surface area contributed by atoms with E-state index in [2.05, 4.69) is 30.9 Å². The summed E-state index contributed by atoms with van der Waals surface area (Å²) in [6.45, 7) is 5.97. The first-order chi connectivity index (χ1) is 8.11. The van der Waals surface area contributed by atoms with E-state index in [1.165, 1.54) is 9.75 Å². The fourth-order valence-corrected chi connectivity index (χ4v) is 3.61. The van der Waals surface area contributed by atoms with Crippen LogP contribution in [-0.2, 0) is 0 Å². The molecule has 1 aliphatic rings. The summed E-state index contributed by atoms with van der Waals surface area (Å²) < 4.78 is 0. The van der Waals surface area contributed by atoms with E-state index in [1.807, 2.05) is 11.3 Å². The van der Waals surface area contributed by atoms with E-state index in [0.29, 0.717) is 0 Å². The molecule has 1 saturated heterocycles. The van der Waals surface area contributed by atoms with Crippen LogP contribution in [0.5, 0.6) is 0 Å². The number of likely N-dealkylation sites (tertiary alicyclic amines) is 1. The largest absolute Gasteiger partial charge is 0.392 e. The summed E-state index contributed by atoms with van der Waals surface area (Å²) in [4.78, 5) is 5.00. The van der Waals surface area contributed by atoms with Gasteiger partial charge in [-0.3, -0.25) is 4.90 Å². The van der Waals surface area contributed by atoms with Gasteiger partial charge in [-0.25, -0.2) is 0 Å². The summed E-state index contributed by atoms with van der Waals surface area (Å²) in [5, 5.41) is 9.68. The van der Waals surface area contributed by atoms with Crippen LogP contribution in [0.15, 0.2) is 12.1 Å². The van der Waals surface area contributed by atoms with Gasteiger partial charge in [-0.2, -0.15) is 0 Å². The van der Waals surface area contributed by atoms with E-state index in [0.717, 1.165) is 25.9 Å². The smallest absolute Gasteiger partial charge is 0.0679 e. The van der Waals surface area contributed by atoms with Crippen LogP contribution in [0.25, 0.3) is 0 Å². The first-order valence-corrected chi connectivity index (χ1v) is 7.17. The third-order valence-electron chi connectivity index (χ3n) is 3.52. The molecule has 2 heterocycles. The van der Waals surface area contributed by atoms with Gasteiger partial charge in [0, 0.05) is 28.9 Å². The molecule has 4 heteroatoms. The van der Waals surface area contributed by atoms with E-state index in [-0.39, 0.29) is 18.2 Å². The second-order valence-corrected chi connectivity index (χ2v) is 6.22. The van der Waals surface area contributed by atoms with Crippen molar-refractivity contribution < 1.29 is 5.11 Å². The highest BCUT2D eigenvalue weighted by Gasteiger charge is 2.32. The zero-order valence-electron chi connectivity index (χ0n) is 10.6. The monoisotopic (exact) mass is 254 g/mol. The van der Waals surface area contributed by atoms with E-state index >= 15 is 0 Å². The molecule has 0 spiro atoms. The van der Waals surface area contributed by atoms with E-state index < -0.39 is 0 Å². The highest BCUT2D eigenvalue weighted by atomic mass is 32.1. The molecule has 1 fully saturated rings. The third kappa shape index (κ3) is 2.88. The van der Waals surface area contributed by atoms with Gasteiger partial charge in [0.2, 0.25) is 0 Å². The van der Waals surface area contributed by atoms with Gasteiger partial charge in [-0.1, -0.05) is 6.92 Å².